The second-order valence-electron chi connectivity index (χ2n) is 8.13. The molecule has 8 heteroatoms. The van der Waals surface area contributed by atoms with E-state index in [0.717, 1.165) is 5.56 Å². The average molecular weight is 379 g/mol. The molecule has 0 heterocycles. The van der Waals surface area contributed by atoms with Crippen molar-refractivity contribution >= 4 is 23.8 Å². The van der Waals surface area contributed by atoms with Crippen molar-refractivity contribution in [2.24, 2.45) is 5.73 Å². The fraction of sp³-hybridized carbons (Fsp3) is 0.526. The first-order valence-corrected chi connectivity index (χ1v) is 8.63. The van der Waals surface area contributed by atoms with Crippen LogP contribution in [-0.4, -0.2) is 35.3 Å². The minimum Gasteiger partial charge on any atom is -0.444 e. The maximum Gasteiger partial charge on any atom is 0.414 e. The standard InChI is InChI=1S/C19H29N3O5/c1-18(2,3)26-16(24)21-13-9-7-8-12(10-13)11-14(20)15(23)22-17(25)27-19(4,5)6/h7-10,14H,11,20H2,1-6H3,(H,21,24)(H,22,23,25)/t14-/m0/s1. The van der Waals surface area contributed by atoms with Crippen molar-refractivity contribution in [3.8, 4) is 0 Å². The van der Waals surface area contributed by atoms with Gasteiger partial charge in [0.1, 0.15) is 11.2 Å². The Morgan fingerprint density at radius 3 is 2.11 bits per heavy atom. The van der Waals surface area contributed by atoms with Crippen molar-refractivity contribution in [3.05, 3.63) is 29.8 Å². The number of carbonyl (C=O) groups is 3. The molecule has 0 saturated carbocycles. The number of hydrogen-bond acceptors (Lipinski definition) is 6. The Kier molecular flexibility index (Phi) is 7.36. The minimum atomic E-state index is -0.950. The first-order chi connectivity index (χ1) is 12.2. The number of imide groups is 1. The molecule has 0 aliphatic heterocycles. The van der Waals surface area contributed by atoms with Crippen molar-refractivity contribution < 1.29 is 23.9 Å². The fourth-order valence-electron chi connectivity index (χ4n) is 2.04. The molecule has 8 nitrogen and oxygen atoms in total. The molecule has 0 aliphatic carbocycles. The van der Waals surface area contributed by atoms with Crippen LogP contribution in [-0.2, 0) is 20.7 Å². The van der Waals surface area contributed by atoms with E-state index in [1.165, 1.54) is 0 Å². The molecule has 150 valence electrons. The highest BCUT2D eigenvalue weighted by molar-refractivity contribution is 5.95. The number of nitrogens with one attached hydrogen (secondary N) is 2. The van der Waals surface area contributed by atoms with Crippen LogP contribution in [0, 0.1) is 0 Å². The van der Waals surface area contributed by atoms with Crippen LogP contribution in [0.5, 0.6) is 0 Å². The lowest BCUT2D eigenvalue weighted by molar-refractivity contribution is -0.122. The third kappa shape index (κ3) is 9.60. The zero-order valence-electron chi connectivity index (χ0n) is 16.7. The number of benzene rings is 1. The van der Waals surface area contributed by atoms with Gasteiger partial charge < -0.3 is 15.2 Å². The van der Waals surface area contributed by atoms with E-state index in [-0.39, 0.29) is 6.42 Å². The van der Waals surface area contributed by atoms with Crippen LogP contribution in [0.15, 0.2) is 24.3 Å². The second kappa shape index (κ2) is 8.85. The van der Waals surface area contributed by atoms with Gasteiger partial charge in [0.25, 0.3) is 0 Å². The van der Waals surface area contributed by atoms with E-state index in [9.17, 15) is 14.4 Å². The number of hydrogen-bond donors (Lipinski definition) is 3. The molecule has 3 amide bonds. The van der Waals surface area contributed by atoms with Gasteiger partial charge in [-0.3, -0.25) is 15.4 Å². The maximum absolute atomic E-state index is 12.0. The summed E-state index contributed by atoms with van der Waals surface area (Å²) >= 11 is 0. The first kappa shape index (κ1) is 22.4. The molecule has 4 N–H and O–H groups in total. The third-order valence-electron chi connectivity index (χ3n) is 2.99. The summed E-state index contributed by atoms with van der Waals surface area (Å²) < 4.78 is 10.2. The van der Waals surface area contributed by atoms with E-state index in [4.69, 9.17) is 15.2 Å². The number of anilines is 1. The summed E-state index contributed by atoms with van der Waals surface area (Å²) in [6, 6.07) is 5.92. The van der Waals surface area contributed by atoms with Crippen molar-refractivity contribution in [2.45, 2.75) is 65.2 Å². The number of ether oxygens (including phenoxy) is 2. The molecule has 1 aromatic carbocycles. The summed E-state index contributed by atoms with van der Waals surface area (Å²) in [5.41, 5.74) is 5.78. The highest BCUT2D eigenvalue weighted by atomic mass is 16.6. The summed E-state index contributed by atoms with van der Waals surface area (Å²) in [4.78, 5) is 35.5. The molecule has 1 atom stereocenters. The molecule has 0 radical (unpaired) electrons. The van der Waals surface area contributed by atoms with E-state index in [1.807, 2.05) is 0 Å². The van der Waals surface area contributed by atoms with Crippen LogP contribution in [0.3, 0.4) is 0 Å². The molecular formula is C19H29N3O5. The molecule has 0 bridgehead atoms. The second-order valence-corrected chi connectivity index (χ2v) is 8.13. The molecule has 0 aromatic heterocycles. The van der Waals surface area contributed by atoms with Gasteiger partial charge in [0.15, 0.2) is 0 Å². The summed E-state index contributed by atoms with van der Waals surface area (Å²) in [7, 11) is 0. The first-order valence-electron chi connectivity index (χ1n) is 8.63. The third-order valence-corrected chi connectivity index (χ3v) is 2.99. The molecule has 1 rings (SSSR count). The molecule has 27 heavy (non-hydrogen) atoms. The zero-order valence-corrected chi connectivity index (χ0v) is 16.7. The maximum atomic E-state index is 12.0. The van der Waals surface area contributed by atoms with Crippen molar-refractivity contribution in [2.75, 3.05) is 5.32 Å². The normalized spacial score (nSPS) is 12.7. The van der Waals surface area contributed by atoms with E-state index in [2.05, 4.69) is 10.6 Å². The molecule has 0 saturated heterocycles. The lowest BCUT2D eigenvalue weighted by Crippen LogP contribution is -2.46. The number of nitrogens with two attached hydrogens (primary N) is 1. The monoisotopic (exact) mass is 379 g/mol. The topological polar surface area (TPSA) is 120 Å². The van der Waals surface area contributed by atoms with Gasteiger partial charge in [0, 0.05) is 5.69 Å². The SMILES string of the molecule is CC(C)(C)OC(=O)NC(=O)[C@@H](N)Cc1cccc(NC(=O)OC(C)(C)C)c1. The van der Waals surface area contributed by atoms with E-state index < -0.39 is 35.3 Å². The van der Waals surface area contributed by atoms with Crippen LogP contribution in [0.2, 0.25) is 0 Å². The Morgan fingerprint density at radius 1 is 1.00 bits per heavy atom. The van der Waals surface area contributed by atoms with Crippen LogP contribution >= 0.6 is 0 Å². The van der Waals surface area contributed by atoms with E-state index >= 15 is 0 Å². The van der Waals surface area contributed by atoms with Crippen LogP contribution in [0.1, 0.15) is 47.1 Å². The van der Waals surface area contributed by atoms with Crippen LogP contribution < -0.4 is 16.4 Å². The van der Waals surface area contributed by atoms with E-state index in [0.29, 0.717) is 5.69 Å². The molecule has 0 unspecified atom stereocenters. The zero-order chi connectivity index (χ0) is 20.8. The Bertz CT molecular complexity index is 689. The minimum absolute atomic E-state index is 0.179. The molecule has 0 aliphatic rings. The number of carbonyl (C=O) groups excluding carboxylic acids is 3. The molecule has 0 fully saturated rings. The van der Waals surface area contributed by atoms with Gasteiger partial charge in [-0.1, -0.05) is 12.1 Å². The largest absolute Gasteiger partial charge is 0.444 e. The summed E-state index contributed by atoms with van der Waals surface area (Å²) in [6.07, 6.45) is -1.24. The predicted molar refractivity (Wildman–Crippen MR) is 102 cm³/mol. The smallest absolute Gasteiger partial charge is 0.414 e. The van der Waals surface area contributed by atoms with E-state index in [1.54, 1.807) is 65.8 Å². The van der Waals surface area contributed by atoms with Gasteiger partial charge in [-0.25, -0.2) is 9.59 Å². The van der Waals surface area contributed by atoms with Gasteiger partial charge >= 0.3 is 12.2 Å². The number of amides is 3. The fourth-order valence-corrected chi connectivity index (χ4v) is 2.04. The number of alkyl carbamates (subject to hydrolysis) is 1. The highest BCUT2D eigenvalue weighted by Gasteiger charge is 2.22. The molecule has 0 spiro atoms. The predicted octanol–water partition coefficient (Wildman–Crippen LogP) is 2.95. The Balaban J connectivity index is 2.64. The Labute approximate surface area is 159 Å². The average Bonchev–Trinajstić information content (AvgIpc) is 2.42. The van der Waals surface area contributed by atoms with Crippen LogP contribution in [0.4, 0.5) is 15.3 Å². The van der Waals surface area contributed by atoms with Gasteiger partial charge in [0.05, 0.1) is 6.04 Å². The lowest BCUT2D eigenvalue weighted by atomic mass is 10.1. The Morgan fingerprint density at radius 2 is 1.56 bits per heavy atom. The van der Waals surface area contributed by atoms with Crippen LogP contribution in [0.25, 0.3) is 0 Å². The quantitative estimate of drug-likeness (QED) is 0.740. The van der Waals surface area contributed by atoms with Crippen molar-refractivity contribution in [3.63, 3.8) is 0 Å². The van der Waals surface area contributed by atoms with Gasteiger partial charge in [-0.05, 0) is 65.7 Å². The highest BCUT2D eigenvalue weighted by Crippen LogP contribution is 2.15. The van der Waals surface area contributed by atoms with Gasteiger partial charge in [-0.2, -0.15) is 0 Å². The van der Waals surface area contributed by atoms with Crippen molar-refractivity contribution in [1.82, 2.24) is 5.32 Å². The number of rotatable bonds is 4. The summed E-state index contributed by atoms with van der Waals surface area (Å²) in [5.74, 6) is -0.644. The summed E-state index contributed by atoms with van der Waals surface area (Å²) in [5, 5.41) is 4.74. The summed E-state index contributed by atoms with van der Waals surface area (Å²) in [6.45, 7) is 10.4. The van der Waals surface area contributed by atoms with Gasteiger partial charge in [0.2, 0.25) is 5.91 Å². The van der Waals surface area contributed by atoms with Gasteiger partial charge in [-0.15, -0.1) is 0 Å². The van der Waals surface area contributed by atoms with Crippen molar-refractivity contribution in [1.29, 1.82) is 0 Å². The lowest BCUT2D eigenvalue weighted by Gasteiger charge is -2.20. The Hall–Kier alpha value is -2.61. The molecule has 1 aromatic rings. The molecular weight excluding hydrogens is 350 g/mol.